The van der Waals surface area contributed by atoms with E-state index in [0.29, 0.717) is 22.7 Å². The minimum Gasteiger partial charge on any atom is -0.455 e. The Balaban J connectivity index is 1.46. The third kappa shape index (κ3) is 3.69. The van der Waals surface area contributed by atoms with Gasteiger partial charge in [0.05, 0.1) is 5.56 Å². The van der Waals surface area contributed by atoms with Gasteiger partial charge in [-0.1, -0.05) is 36.4 Å². The van der Waals surface area contributed by atoms with Gasteiger partial charge >= 0.3 is 0 Å². The van der Waals surface area contributed by atoms with Gasteiger partial charge < -0.3 is 15.1 Å². The smallest absolute Gasteiger partial charge is 0.259 e. The van der Waals surface area contributed by atoms with Gasteiger partial charge in [0.2, 0.25) is 5.28 Å². The van der Waals surface area contributed by atoms with E-state index in [1.54, 1.807) is 18.3 Å². The van der Waals surface area contributed by atoms with Gasteiger partial charge in [0.25, 0.3) is 5.91 Å². The molecule has 152 valence electrons. The third-order valence-corrected chi connectivity index (χ3v) is 5.22. The second-order valence-electron chi connectivity index (χ2n) is 7.10. The van der Waals surface area contributed by atoms with Crippen LogP contribution in [0.25, 0.3) is 21.9 Å². The Bertz CT molecular complexity index is 1440. The first-order valence-corrected chi connectivity index (χ1v) is 10.0. The van der Waals surface area contributed by atoms with Crippen LogP contribution in [0.2, 0.25) is 5.28 Å². The fourth-order valence-electron chi connectivity index (χ4n) is 3.50. The predicted octanol–water partition coefficient (Wildman–Crippen LogP) is 6.33. The van der Waals surface area contributed by atoms with E-state index < -0.39 is 0 Å². The van der Waals surface area contributed by atoms with Crippen molar-refractivity contribution in [2.45, 2.75) is 6.92 Å². The zero-order chi connectivity index (χ0) is 21.4. The molecule has 7 heteroatoms. The molecule has 0 fully saturated rings. The van der Waals surface area contributed by atoms with Crippen LogP contribution in [0, 0.1) is 6.92 Å². The molecule has 0 spiro atoms. The quantitative estimate of drug-likeness (QED) is 0.327. The molecule has 1 amide bonds. The topological polar surface area (TPSA) is 80.0 Å². The van der Waals surface area contributed by atoms with E-state index in [2.05, 4.69) is 20.6 Å². The van der Waals surface area contributed by atoms with Crippen molar-refractivity contribution in [2.75, 3.05) is 10.6 Å². The number of carbonyl (C=O) groups excluding carboxylic acids is 1. The van der Waals surface area contributed by atoms with Gasteiger partial charge in [-0.2, -0.15) is 0 Å². The van der Waals surface area contributed by atoms with Crippen LogP contribution in [-0.2, 0) is 0 Å². The number of aryl methyl sites for hydroxylation is 1. The van der Waals surface area contributed by atoms with Crippen molar-refractivity contribution >= 4 is 56.6 Å². The predicted molar refractivity (Wildman–Crippen MR) is 123 cm³/mol. The number of hydrogen-bond donors (Lipinski definition) is 2. The van der Waals surface area contributed by atoms with Crippen molar-refractivity contribution in [3.63, 3.8) is 0 Å². The Hall–Kier alpha value is -3.90. The van der Waals surface area contributed by atoms with Crippen LogP contribution in [0.1, 0.15) is 15.9 Å². The number of benzene rings is 3. The molecule has 5 aromatic rings. The molecule has 2 N–H and O–H groups in total. The summed E-state index contributed by atoms with van der Waals surface area (Å²) in [5.74, 6) is 0.322. The molecule has 6 nitrogen and oxygen atoms in total. The molecule has 31 heavy (non-hydrogen) atoms. The van der Waals surface area contributed by atoms with Crippen LogP contribution in [0.4, 0.5) is 17.2 Å². The first-order chi connectivity index (χ1) is 15.1. The Kier molecular flexibility index (Phi) is 4.76. The van der Waals surface area contributed by atoms with Crippen LogP contribution in [-0.4, -0.2) is 15.9 Å². The largest absolute Gasteiger partial charge is 0.455 e. The highest BCUT2D eigenvalue weighted by Crippen LogP contribution is 2.31. The lowest BCUT2D eigenvalue weighted by atomic mass is 10.1. The summed E-state index contributed by atoms with van der Waals surface area (Å²) in [6.07, 6.45) is 1.58. The van der Waals surface area contributed by atoms with Gasteiger partial charge in [0, 0.05) is 28.3 Å². The van der Waals surface area contributed by atoms with Gasteiger partial charge in [0.1, 0.15) is 17.0 Å². The fraction of sp³-hybridized carbons (Fsp3) is 0.0417. The molecule has 5 rings (SSSR count). The molecular formula is C24H17ClN4O2. The van der Waals surface area contributed by atoms with E-state index in [1.807, 2.05) is 61.5 Å². The molecule has 2 heterocycles. The van der Waals surface area contributed by atoms with E-state index in [-0.39, 0.29) is 11.2 Å². The lowest BCUT2D eigenvalue weighted by Crippen LogP contribution is -2.12. The lowest BCUT2D eigenvalue weighted by molar-refractivity contribution is 0.102. The normalized spacial score (nSPS) is 11.0. The monoisotopic (exact) mass is 428 g/mol. The van der Waals surface area contributed by atoms with Crippen molar-refractivity contribution < 1.29 is 9.21 Å². The summed E-state index contributed by atoms with van der Waals surface area (Å²) in [6.45, 7) is 1.96. The highest BCUT2D eigenvalue weighted by atomic mass is 35.5. The Morgan fingerprint density at radius 3 is 2.71 bits per heavy atom. The number of nitrogens with one attached hydrogen (secondary N) is 2. The highest BCUT2D eigenvalue weighted by Gasteiger charge is 2.16. The summed E-state index contributed by atoms with van der Waals surface area (Å²) < 4.78 is 5.98. The molecule has 0 aliphatic carbocycles. The summed E-state index contributed by atoms with van der Waals surface area (Å²) >= 11 is 5.87. The van der Waals surface area contributed by atoms with Crippen molar-refractivity contribution in [2.24, 2.45) is 0 Å². The number of carbonyl (C=O) groups is 1. The molecule has 0 atom stereocenters. The van der Waals surface area contributed by atoms with Crippen molar-refractivity contribution in [3.8, 4) is 0 Å². The maximum atomic E-state index is 13.1. The van der Waals surface area contributed by atoms with Gasteiger partial charge in [-0.3, -0.25) is 4.79 Å². The molecule has 2 aromatic heterocycles. The second-order valence-corrected chi connectivity index (χ2v) is 7.44. The summed E-state index contributed by atoms with van der Waals surface area (Å²) in [5.41, 5.74) is 4.24. The summed E-state index contributed by atoms with van der Waals surface area (Å²) in [5, 5.41) is 8.22. The van der Waals surface area contributed by atoms with E-state index in [0.717, 1.165) is 27.6 Å². The van der Waals surface area contributed by atoms with Gasteiger partial charge in [-0.05, 0) is 54.4 Å². The summed E-state index contributed by atoms with van der Waals surface area (Å²) in [7, 11) is 0. The summed E-state index contributed by atoms with van der Waals surface area (Å²) in [4.78, 5) is 21.1. The van der Waals surface area contributed by atoms with Crippen molar-refractivity contribution in [3.05, 3.63) is 89.3 Å². The van der Waals surface area contributed by atoms with E-state index >= 15 is 0 Å². The molecule has 0 aliphatic heterocycles. The molecular weight excluding hydrogens is 412 g/mol. The zero-order valence-corrected chi connectivity index (χ0v) is 17.3. The number of anilines is 3. The Morgan fingerprint density at radius 2 is 1.84 bits per heavy atom. The number of hydrogen-bond acceptors (Lipinski definition) is 5. The standard InChI is InChI=1S/C24H17ClN4O2/c1-14-9-10-15(13-19(14)28-21-11-12-26-24(25)29-21)27-23(30)18-7-4-6-17-16-5-2-3-8-20(16)31-22(17)18/h2-13H,1H3,(H,27,30)(H,26,28,29). The first kappa shape index (κ1) is 19.1. The minimum atomic E-state index is -0.246. The summed E-state index contributed by atoms with van der Waals surface area (Å²) in [6, 6.07) is 20.7. The molecule has 0 bridgehead atoms. The third-order valence-electron chi connectivity index (χ3n) is 5.03. The van der Waals surface area contributed by atoms with Crippen molar-refractivity contribution in [1.29, 1.82) is 0 Å². The maximum Gasteiger partial charge on any atom is 0.259 e. The molecule has 0 saturated carbocycles. The van der Waals surface area contributed by atoms with Crippen LogP contribution in [0.3, 0.4) is 0 Å². The van der Waals surface area contributed by atoms with Gasteiger partial charge in [-0.15, -0.1) is 0 Å². The number of nitrogens with zero attached hydrogens (tertiary/aromatic N) is 2. The van der Waals surface area contributed by atoms with Crippen molar-refractivity contribution in [1.82, 2.24) is 9.97 Å². The SMILES string of the molecule is Cc1ccc(NC(=O)c2cccc3c2oc2ccccc23)cc1Nc1ccnc(Cl)n1. The molecule has 0 unspecified atom stereocenters. The Morgan fingerprint density at radius 1 is 1.00 bits per heavy atom. The van der Waals surface area contributed by atoms with E-state index in [9.17, 15) is 4.79 Å². The number of halogens is 1. The number of amides is 1. The first-order valence-electron chi connectivity index (χ1n) is 9.66. The highest BCUT2D eigenvalue weighted by molar-refractivity contribution is 6.28. The molecule has 3 aromatic carbocycles. The number of aromatic nitrogens is 2. The van der Waals surface area contributed by atoms with Crippen LogP contribution < -0.4 is 10.6 Å². The molecule has 0 aliphatic rings. The Labute approximate surface area is 182 Å². The fourth-order valence-corrected chi connectivity index (χ4v) is 3.65. The average Bonchev–Trinajstić information content (AvgIpc) is 3.15. The van der Waals surface area contributed by atoms with Gasteiger partial charge in [-0.25, -0.2) is 9.97 Å². The van der Waals surface area contributed by atoms with Gasteiger partial charge in [0.15, 0.2) is 0 Å². The maximum absolute atomic E-state index is 13.1. The van der Waals surface area contributed by atoms with E-state index in [1.165, 1.54) is 0 Å². The number of fused-ring (bicyclic) bond motifs is 3. The lowest BCUT2D eigenvalue weighted by Gasteiger charge is -2.12. The number of rotatable bonds is 4. The van der Waals surface area contributed by atoms with E-state index in [4.69, 9.17) is 16.0 Å². The number of para-hydroxylation sites is 2. The second kappa shape index (κ2) is 7.74. The molecule has 0 saturated heterocycles. The number of furan rings is 1. The molecule has 0 radical (unpaired) electrons. The minimum absolute atomic E-state index is 0.158. The zero-order valence-electron chi connectivity index (χ0n) is 16.5. The van der Waals surface area contributed by atoms with Crippen LogP contribution in [0.5, 0.6) is 0 Å². The van der Waals surface area contributed by atoms with Crippen LogP contribution >= 0.6 is 11.6 Å². The van der Waals surface area contributed by atoms with Crippen LogP contribution in [0.15, 0.2) is 77.3 Å². The average molecular weight is 429 g/mol.